The van der Waals surface area contributed by atoms with Gasteiger partial charge in [0.15, 0.2) is 0 Å². The normalized spacial score (nSPS) is 12.9. The van der Waals surface area contributed by atoms with Crippen molar-refractivity contribution >= 4 is 49.6 Å². The topological polar surface area (TPSA) is 8.17 Å². The standard InChI is InChI=1S/C55H40N2/c1-55(2)49-25-15-14-24-46(49)47-32-31-44(36-50(47)55)56(42-21-10-5-11-22-42)52-35-41-20-12-13-23-45(41)54-53(52)48-34-40(38-18-8-4-9-19-38)28-33-51(48)57(54)43-29-26-39(27-30-43)37-16-6-3-7-17-37/h3-36H,1-2H3. The van der Waals surface area contributed by atoms with E-state index >= 15 is 0 Å². The van der Waals surface area contributed by atoms with E-state index in [1.807, 2.05) is 0 Å². The summed E-state index contributed by atoms with van der Waals surface area (Å²) in [4.78, 5) is 2.49. The molecule has 1 aromatic heterocycles. The Balaban J connectivity index is 1.24. The molecule has 1 aliphatic rings. The second-order valence-corrected chi connectivity index (χ2v) is 15.8. The summed E-state index contributed by atoms with van der Waals surface area (Å²) in [5, 5.41) is 4.86. The molecule has 10 aromatic rings. The van der Waals surface area contributed by atoms with Gasteiger partial charge in [0.25, 0.3) is 0 Å². The van der Waals surface area contributed by atoms with Crippen LogP contribution < -0.4 is 4.90 Å². The largest absolute Gasteiger partial charge is 0.310 e. The summed E-state index contributed by atoms with van der Waals surface area (Å²) < 4.78 is 2.49. The van der Waals surface area contributed by atoms with Crippen LogP contribution in [0.25, 0.3) is 71.6 Å². The number of benzene rings is 9. The summed E-state index contributed by atoms with van der Waals surface area (Å²) in [6, 6.07) is 75.7. The maximum atomic E-state index is 2.49. The average Bonchev–Trinajstić information content (AvgIpc) is 3.73. The van der Waals surface area contributed by atoms with E-state index in [1.54, 1.807) is 0 Å². The maximum Gasteiger partial charge on any atom is 0.0640 e. The predicted molar refractivity (Wildman–Crippen MR) is 241 cm³/mol. The molecule has 0 bridgehead atoms. The first-order valence-electron chi connectivity index (χ1n) is 19.9. The molecule has 1 aliphatic carbocycles. The fourth-order valence-electron chi connectivity index (χ4n) is 9.39. The number of rotatable bonds is 6. The van der Waals surface area contributed by atoms with Crippen LogP contribution in [0.5, 0.6) is 0 Å². The van der Waals surface area contributed by atoms with Crippen LogP contribution in [0.1, 0.15) is 25.0 Å². The lowest BCUT2D eigenvalue weighted by atomic mass is 9.82. The van der Waals surface area contributed by atoms with Crippen LogP contribution >= 0.6 is 0 Å². The minimum Gasteiger partial charge on any atom is -0.310 e. The van der Waals surface area contributed by atoms with Gasteiger partial charge in [0.2, 0.25) is 0 Å². The quantitative estimate of drug-likeness (QED) is 0.165. The minimum absolute atomic E-state index is 0.129. The lowest BCUT2D eigenvalue weighted by molar-refractivity contribution is 0.660. The van der Waals surface area contributed by atoms with Crippen molar-refractivity contribution < 1.29 is 0 Å². The van der Waals surface area contributed by atoms with E-state index in [0.717, 1.165) is 22.7 Å². The van der Waals surface area contributed by atoms with E-state index in [2.05, 4.69) is 230 Å². The SMILES string of the molecule is CC1(C)c2ccccc2-c2ccc(N(c3ccccc3)c3cc4ccccc4c4c3c3cc(-c5ccccc5)ccc3n4-c3ccc(-c4ccccc4)cc3)cc21. The molecule has 270 valence electrons. The first-order valence-corrected chi connectivity index (χ1v) is 19.9. The highest BCUT2D eigenvalue weighted by molar-refractivity contribution is 6.25. The van der Waals surface area contributed by atoms with Gasteiger partial charge < -0.3 is 9.47 Å². The zero-order valence-corrected chi connectivity index (χ0v) is 32.0. The zero-order valence-electron chi connectivity index (χ0n) is 32.0. The lowest BCUT2D eigenvalue weighted by Gasteiger charge is -2.29. The molecule has 0 radical (unpaired) electrons. The number of para-hydroxylation sites is 1. The Morgan fingerprint density at radius 2 is 1.02 bits per heavy atom. The molecule has 0 N–H and O–H groups in total. The second kappa shape index (κ2) is 13.0. The molecular formula is C55H40N2. The molecule has 0 aliphatic heterocycles. The van der Waals surface area contributed by atoms with Gasteiger partial charge in [-0.1, -0.05) is 166 Å². The summed E-state index contributed by atoms with van der Waals surface area (Å²) >= 11 is 0. The molecule has 0 spiro atoms. The molecule has 0 fully saturated rings. The highest BCUT2D eigenvalue weighted by Gasteiger charge is 2.36. The number of nitrogens with zero attached hydrogens (tertiary/aromatic N) is 2. The minimum atomic E-state index is -0.129. The van der Waals surface area contributed by atoms with Gasteiger partial charge in [0.05, 0.1) is 16.7 Å². The van der Waals surface area contributed by atoms with Crippen molar-refractivity contribution in [1.82, 2.24) is 4.57 Å². The van der Waals surface area contributed by atoms with Crippen LogP contribution in [0, 0.1) is 0 Å². The van der Waals surface area contributed by atoms with E-state index < -0.39 is 0 Å². The van der Waals surface area contributed by atoms with Crippen LogP contribution in [0.2, 0.25) is 0 Å². The molecule has 11 rings (SSSR count). The molecule has 2 nitrogen and oxygen atoms in total. The third kappa shape index (κ3) is 5.25. The van der Waals surface area contributed by atoms with Crippen molar-refractivity contribution in [2.24, 2.45) is 0 Å². The molecule has 2 heteroatoms. The Morgan fingerprint density at radius 3 is 1.77 bits per heavy atom. The van der Waals surface area contributed by atoms with Crippen molar-refractivity contribution in [1.29, 1.82) is 0 Å². The van der Waals surface area contributed by atoms with Crippen LogP contribution in [0.15, 0.2) is 206 Å². The van der Waals surface area contributed by atoms with E-state index in [0.29, 0.717) is 0 Å². The van der Waals surface area contributed by atoms with Crippen molar-refractivity contribution in [2.75, 3.05) is 4.90 Å². The van der Waals surface area contributed by atoms with Gasteiger partial charge in [-0.25, -0.2) is 0 Å². The second-order valence-electron chi connectivity index (χ2n) is 15.8. The summed E-state index contributed by atoms with van der Waals surface area (Å²) in [5.41, 5.74) is 17.0. The molecule has 9 aromatic carbocycles. The summed E-state index contributed by atoms with van der Waals surface area (Å²) in [6.45, 7) is 4.73. The Bertz CT molecular complexity index is 3120. The predicted octanol–water partition coefficient (Wildman–Crippen LogP) is 15.0. The highest BCUT2D eigenvalue weighted by atomic mass is 15.1. The first kappa shape index (κ1) is 33.2. The monoisotopic (exact) mass is 728 g/mol. The highest BCUT2D eigenvalue weighted by Crippen LogP contribution is 2.52. The van der Waals surface area contributed by atoms with E-state index in [4.69, 9.17) is 0 Å². The Kier molecular flexibility index (Phi) is 7.55. The fraction of sp³-hybridized carbons (Fsp3) is 0.0545. The van der Waals surface area contributed by atoms with Gasteiger partial charge in [-0.05, 0) is 104 Å². The van der Waals surface area contributed by atoms with Crippen molar-refractivity contribution in [3.63, 3.8) is 0 Å². The number of anilines is 3. The van der Waals surface area contributed by atoms with Crippen molar-refractivity contribution in [3.8, 4) is 39.1 Å². The van der Waals surface area contributed by atoms with E-state index in [1.165, 1.54) is 77.1 Å². The van der Waals surface area contributed by atoms with Crippen molar-refractivity contribution in [3.05, 3.63) is 217 Å². The van der Waals surface area contributed by atoms with Crippen LogP contribution in [-0.2, 0) is 5.41 Å². The van der Waals surface area contributed by atoms with Crippen molar-refractivity contribution in [2.45, 2.75) is 19.3 Å². The molecule has 0 atom stereocenters. The van der Waals surface area contributed by atoms with E-state index in [-0.39, 0.29) is 5.41 Å². The first-order chi connectivity index (χ1) is 28.0. The molecule has 0 saturated carbocycles. The fourth-order valence-corrected chi connectivity index (χ4v) is 9.39. The zero-order chi connectivity index (χ0) is 38.1. The smallest absolute Gasteiger partial charge is 0.0640 e. The third-order valence-corrected chi connectivity index (χ3v) is 12.2. The summed E-state index contributed by atoms with van der Waals surface area (Å²) in [7, 11) is 0. The molecule has 0 saturated heterocycles. The number of hydrogen-bond donors (Lipinski definition) is 0. The summed E-state index contributed by atoms with van der Waals surface area (Å²) in [5.74, 6) is 0. The Labute approximate surface area is 333 Å². The third-order valence-electron chi connectivity index (χ3n) is 12.2. The lowest BCUT2D eigenvalue weighted by Crippen LogP contribution is -2.16. The number of aromatic nitrogens is 1. The van der Waals surface area contributed by atoms with Crippen LogP contribution in [0.4, 0.5) is 17.1 Å². The molecule has 57 heavy (non-hydrogen) atoms. The van der Waals surface area contributed by atoms with Crippen LogP contribution in [-0.4, -0.2) is 4.57 Å². The molecule has 0 amide bonds. The van der Waals surface area contributed by atoms with Gasteiger partial charge in [0, 0.05) is 38.6 Å². The summed E-state index contributed by atoms with van der Waals surface area (Å²) in [6.07, 6.45) is 0. The maximum absolute atomic E-state index is 2.49. The van der Waals surface area contributed by atoms with Gasteiger partial charge in [-0.2, -0.15) is 0 Å². The average molecular weight is 729 g/mol. The van der Waals surface area contributed by atoms with Gasteiger partial charge in [-0.15, -0.1) is 0 Å². The van der Waals surface area contributed by atoms with Gasteiger partial charge in [-0.3, -0.25) is 0 Å². The van der Waals surface area contributed by atoms with E-state index in [9.17, 15) is 0 Å². The number of fused-ring (bicyclic) bond motifs is 8. The van der Waals surface area contributed by atoms with Crippen LogP contribution in [0.3, 0.4) is 0 Å². The number of hydrogen-bond acceptors (Lipinski definition) is 1. The van der Waals surface area contributed by atoms with Gasteiger partial charge >= 0.3 is 0 Å². The molecule has 1 heterocycles. The Hall–Kier alpha value is -7.16. The Morgan fingerprint density at radius 1 is 0.421 bits per heavy atom. The molecular weight excluding hydrogens is 689 g/mol. The molecule has 0 unspecified atom stereocenters. The van der Waals surface area contributed by atoms with Gasteiger partial charge in [0.1, 0.15) is 0 Å².